The van der Waals surface area contributed by atoms with Crippen molar-refractivity contribution in [2.75, 3.05) is 0 Å². The Kier molecular flexibility index (Phi) is 7.26. The molecule has 1 amide bonds. The largest absolute Gasteiger partial charge is 0.344 e. The highest BCUT2D eigenvalue weighted by atomic mass is 35.5. The van der Waals surface area contributed by atoms with Crippen molar-refractivity contribution in [3.05, 3.63) is 110 Å². The summed E-state index contributed by atoms with van der Waals surface area (Å²) in [6.45, 7) is 1.90. The van der Waals surface area contributed by atoms with Crippen molar-refractivity contribution in [1.82, 2.24) is 10.3 Å². The van der Waals surface area contributed by atoms with Crippen molar-refractivity contribution in [2.24, 2.45) is 0 Å². The summed E-state index contributed by atoms with van der Waals surface area (Å²) in [5, 5.41) is 5.21. The number of nitrogens with one attached hydrogen (secondary N) is 1. The van der Waals surface area contributed by atoms with Crippen LogP contribution in [0.25, 0.3) is 22.4 Å². The number of nitrogens with zero attached hydrogens (tertiary/aromatic N) is 1. The van der Waals surface area contributed by atoms with Crippen LogP contribution in [0.3, 0.4) is 0 Å². The molecule has 0 saturated carbocycles. The van der Waals surface area contributed by atoms with Gasteiger partial charge in [0.15, 0.2) is 0 Å². The highest BCUT2D eigenvalue weighted by Crippen LogP contribution is 2.36. The minimum absolute atomic E-state index is 0.227. The molecule has 1 unspecified atom stereocenters. The molecule has 33 heavy (non-hydrogen) atoms. The van der Waals surface area contributed by atoms with Gasteiger partial charge in [0.05, 0.1) is 16.8 Å². The van der Waals surface area contributed by atoms with E-state index in [1.54, 1.807) is 48.5 Å². The monoisotopic (exact) mass is 514 g/mol. The number of aromatic nitrogens is 1. The zero-order valence-electron chi connectivity index (χ0n) is 17.5. The van der Waals surface area contributed by atoms with Gasteiger partial charge < -0.3 is 5.32 Å². The van der Waals surface area contributed by atoms with Gasteiger partial charge in [-0.15, -0.1) is 0 Å². The molecule has 4 rings (SSSR count). The molecule has 1 atom stereocenters. The molecule has 7 heteroatoms. The maximum Gasteiger partial charge on any atom is 0.270 e. The predicted octanol–water partition coefficient (Wildman–Crippen LogP) is 8.52. The number of pyridine rings is 1. The van der Waals surface area contributed by atoms with Gasteiger partial charge in [-0.25, -0.2) is 4.98 Å². The number of hydrogen-bond donors (Lipinski definition) is 1. The highest BCUT2D eigenvalue weighted by molar-refractivity contribution is 6.36. The minimum Gasteiger partial charge on any atom is -0.344 e. The first-order valence-corrected chi connectivity index (χ1v) is 11.6. The predicted molar refractivity (Wildman–Crippen MR) is 137 cm³/mol. The fourth-order valence-corrected chi connectivity index (χ4v) is 4.19. The van der Waals surface area contributed by atoms with Crippen molar-refractivity contribution in [3.8, 4) is 22.4 Å². The smallest absolute Gasteiger partial charge is 0.270 e. The maximum absolute atomic E-state index is 13.0. The van der Waals surface area contributed by atoms with E-state index in [0.29, 0.717) is 31.3 Å². The molecule has 1 N–H and O–H groups in total. The maximum atomic E-state index is 13.0. The Hall–Kier alpha value is -2.56. The number of hydrogen-bond acceptors (Lipinski definition) is 2. The van der Waals surface area contributed by atoms with Crippen LogP contribution in [0.1, 0.15) is 29.0 Å². The van der Waals surface area contributed by atoms with E-state index in [4.69, 9.17) is 51.4 Å². The lowest BCUT2D eigenvalue weighted by Gasteiger charge is -2.16. The van der Waals surface area contributed by atoms with E-state index in [1.165, 1.54) is 0 Å². The number of carbonyl (C=O) groups excluding carboxylic acids is 1. The van der Waals surface area contributed by atoms with Crippen LogP contribution in [0.5, 0.6) is 0 Å². The summed E-state index contributed by atoms with van der Waals surface area (Å²) in [5.41, 5.74) is 4.17. The lowest BCUT2D eigenvalue weighted by atomic mass is 9.98. The van der Waals surface area contributed by atoms with Gasteiger partial charge in [-0.2, -0.15) is 0 Å². The van der Waals surface area contributed by atoms with Crippen molar-refractivity contribution in [2.45, 2.75) is 13.0 Å². The molecule has 0 radical (unpaired) electrons. The number of halogens is 4. The van der Waals surface area contributed by atoms with Crippen LogP contribution in [0.2, 0.25) is 20.1 Å². The molecule has 4 aromatic rings. The van der Waals surface area contributed by atoms with Crippen molar-refractivity contribution in [1.29, 1.82) is 0 Å². The normalized spacial score (nSPS) is 11.8. The molecule has 166 valence electrons. The van der Waals surface area contributed by atoms with Crippen LogP contribution in [0.15, 0.2) is 78.9 Å². The van der Waals surface area contributed by atoms with E-state index in [0.717, 1.165) is 16.7 Å². The fraction of sp³-hybridized carbons (Fsp3) is 0.0769. The van der Waals surface area contributed by atoms with Gasteiger partial charge in [-0.1, -0.05) is 70.7 Å². The van der Waals surface area contributed by atoms with Gasteiger partial charge in [-0.3, -0.25) is 4.79 Å². The third kappa shape index (κ3) is 5.51. The lowest BCUT2D eigenvalue weighted by Crippen LogP contribution is -2.27. The fourth-order valence-electron chi connectivity index (χ4n) is 3.44. The second-order valence-corrected chi connectivity index (χ2v) is 9.19. The van der Waals surface area contributed by atoms with Gasteiger partial charge in [0, 0.05) is 26.2 Å². The van der Waals surface area contributed by atoms with Crippen molar-refractivity contribution >= 4 is 52.3 Å². The van der Waals surface area contributed by atoms with E-state index in [-0.39, 0.29) is 17.6 Å². The first-order chi connectivity index (χ1) is 15.8. The molecule has 0 aliphatic heterocycles. The second kappa shape index (κ2) is 10.1. The Labute approximate surface area is 212 Å². The average Bonchev–Trinajstić information content (AvgIpc) is 2.80. The Morgan fingerprint density at radius 2 is 1.33 bits per heavy atom. The first kappa shape index (κ1) is 23.6. The molecule has 0 spiro atoms. The Morgan fingerprint density at radius 3 is 1.97 bits per heavy atom. The summed E-state index contributed by atoms with van der Waals surface area (Å²) < 4.78 is 0. The van der Waals surface area contributed by atoms with Gasteiger partial charge >= 0.3 is 0 Å². The third-order valence-electron chi connectivity index (χ3n) is 5.19. The van der Waals surface area contributed by atoms with Crippen LogP contribution in [0.4, 0.5) is 0 Å². The second-order valence-electron chi connectivity index (χ2n) is 7.47. The van der Waals surface area contributed by atoms with Crippen molar-refractivity contribution in [3.63, 3.8) is 0 Å². The van der Waals surface area contributed by atoms with Crippen LogP contribution >= 0.6 is 46.4 Å². The molecule has 0 saturated heterocycles. The number of rotatable bonds is 5. The van der Waals surface area contributed by atoms with Gasteiger partial charge in [-0.05, 0) is 72.6 Å². The van der Waals surface area contributed by atoms with E-state index < -0.39 is 0 Å². The van der Waals surface area contributed by atoms with Crippen LogP contribution in [-0.2, 0) is 0 Å². The Bertz CT molecular complexity index is 1310. The van der Waals surface area contributed by atoms with Crippen LogP contribution in [0, 0.1) is 0 Å². The quantitative estimate of drug-likeness (QED) is 0.289. The molecule has 3 nitrogen and oxygen atoms in total. The zero-order valence-corrected chi connectivity index (χ0v) is 20.5. The summed E-state index contributed by atoms with van der Waals surface area (Å²) in [6, 6.07) is 23.3. The van der Waals surface area contributed by atoms with Crippen LogP contribution in [-0.4, -0.2) is 10.9 Å². The van der Waals surface area contributed by atoms with E-state index in [9.17, 15) is 4.79 Å². The molecule has 3 aromatic carbocycles. The summed E-state index contributed by atoms with van der Waals surface area (Å²) in [5.74, 6) is -0.300. The minimum atomic E-state index is -0.300. The third-order valence-corrected chi connectivity index (χ3v) is 6.24. The van der Waals surface area contributed by atoms with E-state index in [2.05, 4.69) is 5.32 Å². The number of benzene rings is 3. The number of carbonyl (C=O) groups is 1. The number of amides is 1. The molecular weight excluding hydrogens is 498 g/mol. The molecule has 1 heterocycles. The Morgan fingerprint density at radius 1 is 0.758 bits per heavy atom. The summed E-state index contributed by atoms with van der Waals surface area (Å²) in [7, 11) is 0. The SMILES string of the molecule is CC(NC(=O)c1ccc(-c2ccc(Cl)cc2)c(-c2ccc(Cl)cc2Cl)n1)c1ccc(Cl)cc1. The molecule has 0 aliphatic rings. The summed E-state index contributed by atoms with van der Waals surface area (Å²) >= 11 is 24.6. The first-order valence-electron chi connectivity index (χ1n) is 10.1. The zero-order chi connectivity index (χ0) is 23.5. The Balaban J connectivity index is 1.73. The van der Waals surface area contributed by atoms with Gasteiger partial charge in [0.25, 0.3) is 5.91 Å². The highest BCUT2D eigenvalue weighted by Gasteiger charge is 2.18. The average molecular weight is 516 g/mol. The van der Waals surface area contributed by atoms with Gasteiger partial charge in [0.1, 0.15) is 5.69 Å². The summed E-state index contributed by atoms with van der Waals surface area (Å²) in [6.07, 6.45) is 0. The molecular formula is C26H18Cl4N2O. The summed E-state index contributed by atoms with van der Waals surface area (Å²) in [4.78, 5) is 17.7. The van der Waals surface area contributed by atoms with E-state index in [1.807, 2.05) is 37.3 Å². The molecule has 0 aliphatic carbocycles. The van der Waals surface area contributed by atoms with Crippen molar-refractivity contribution < 1.29 is 4.79 Å². The molecule has 0 fully saturated rings. The van der Waals surface area contributed by atoms with E-state index >= 15 is 0 Å². The lowest BCUT2D eigenvalue weighted by molar-refractivity contribution is 0.0935. The van der Waals surface area contributed by atoms with Crippen LogP contribution < -0.4 is 5.32 Å². The molecule has 1 aromatic heterocycles. The standard InChI is InChI=1S/C26H18Cl4N2O/c1-15(16-2-6-18(27)7-3-16)31-26(33)24-13-12-21(17-4-8-19(28)9-5-17)25(32-24)22-11-10-20(29)14-23(22)30/h2-15H,1H3,(H,31,33). The van der Waals surface area contributed by atoms with Gasteiger partial charge in [0.2, 0.25) is 0 Å². The topological polar surface area (TPSA) is 42.0 Å². The molecule has 0 bridgehead atoms.